The highest BCUT2D eigenvalue weighted by Gasteiger charge is 2.16. The second-order valence-corrected chi connectivity index (χ2v) is 6.12. The fourth-order valence-electron chi connectivity index (χ4n) is 1.77. The Bertz CT molecular complexity index is 488. The van der Waals surface area contributed by atoms with Gasteiger partial charge in [-0.2, -0.15) is 5.26 Å². The number of halogens is 1. The fourth-order valence-corrected chi connectivity index (χ4v) is 1.77. The van der Waals surface area contributed by atoms with Crippen LogP contribution in [0.5, 0.6) is 0 Å². The Balaban J connectivity index is 2.87. The van der Waals surface area contributed by atoms with Crippen LogP contribution in [0.1, 0.15) is 33.3 Å². The number of nitrogens with one attached hydrogen (secondary N) is 1. The maximum absolute atomic E-state index is 14.4. The van der Waals surface area contributed by atoms with Crippen LogP contribution < -0.4 is 10.2 Å². The topological polar surface area (TPSA) is 52.0 Å². The number of hydrogen-bond acceptors (Lipinski definition) is 4. The smallest absolute Gasteiger partial charge is 0.170 e. The molecular weight excluding hydrogens is 255 g/mol. The van der Waals surface area contributed by atoms with Gasteiger partial charge in [-0.25, -0.2) is 9.37 Å². The van der Waals surface area contributed by atoms with Crippen molar-refractivity contribution < 1.29 is 4.39 Å². The van der Waals surface area contributed by atoms with Gasteiger partial charge in [0.25, 0.3) is 0 Å². The molecule has 1 atom stereocenters. The van der Waals surface area contributed by atoms with Crippen molar-refractivity contribution in [3.63, 3.8) is 0 Å². The Labute approximate surface area is 120 Å². The Morgan fingerprint density at radius 2 is 2.15 bits per heavy atom. The van der Waals surface area contributed by atoms with Crippen molar-refractivity contribution in [2.24, 2.45) is 5.92 Å². The summed E-state index contributed by atoms with van der Waals surface area (Å²) in [6.07, 6.45) is 1.60. The molecule has 0 saturated heterocycles. The van der Waals surface area contributed by atoms with Crippen LogP contribution in [0.2, 0.25) is 0 Å². The molecule has 0 amide bonds. The van der Waals surface area contributed by atoms with Crippen molar-refractivity contribution in [1.82, 2.24) is 10.3 Å². The van der Waals surface area contributed by atoms with Crippen LogP contribution in [0, 0.1) is 23.1 Å². The van der Waals surface area contributed by atoms with E-state index in [0.717, 1.165) is 0 Å². The zero-order valence-electron chi connectivity index (χ0n) is 12.9. The molecule has 20 heavy (non-hydrogen) atoms. The molecule has 0 aliphatic carbocycles. The summed E-state index contributed by atoms with van der Waals surface area (Å²) in [6.45, 7) is 8.82. The van der Waals surface area contributed by atoms with Crippen molar-refractivity contribution in [1.29, 1.82) is 5.26 Å². The van der Waals surface area contributed by atoms with Gasteiger partial charge in [0.15, 0.2) is 11.6 Å². The van der Waals surface area contributed by atoms with Crippen molar-refractivity contribution in [3.05, 3.63) is 23.6 Å². The number of rotatable bonds is 5. The summed E-state index contributed by atoms with van der Waals surface area (Å²) in [4.78, 5) is 5.77. The molecule has 0 saturated carbocycles. The molecule has 0 spiro atoms. The van der Waals surface area contributed by atoms with E-state index in [4.69, 9.17) is 5.26 Å². The third-order valence-corrected chi connectivity index (χ3v) is 2.89. The summed E-state index contributed by atoms with van der Waals surface area (Å²) in [5.74, 6) is -0.199. The van der Waals surface area contributed by atoms with Crippen molar-refractivity contribution in [2.75, 3.05) is 18.5 Å². The van der Waals surface area contributed by atoms with Crippen LogP contribution in [-0.2, 0) is 6.54 Å². The van der Waals surface area contributed by atoms with Gasteiger partial charge < -0.3 is 10.2 Å². The number of nitriles is 1. The van der Waals surface area contributed by atoms with E-state index >= 15 is 0 Å². The van der Waals surface area contributed by atoms with E-state index in [1.54, 1.807) is 31.1 Å². The maximum atomic E-state index is 14.4. The van der Waals surface area contributed by atoms with E-state index in [0.29, 0.717) is 24.5 Å². The van der Waals surface area contributed by atoms with E-state index in [9.17, 15) is 4.39 Å². The van der Waals surface area contributed by atoms with Gasteiger partial charge in [-0.1, -0.05) is 0 Å². The molecule has 1 N–H and O–H groups in total. The van der Waals surface area contributed by atoms with Crippen molar-refractivity contribution >= 4 is 5.82 Å². The molecule has 0 aliphatic heterocycles. The van der Waals surface area contributed by atoms with Crippen LogP contribution in [0.15, 0.2) is 12.3 Å². The van der Waals surface area contributed by atoms with Crippen molar-refractivity contribution in [3.8, 4) is 6.07 Å². The maximum Gasteiger partial charge on any atom is 0.170 e. The fraction of sp³-hybridized carbons (Fsp3) is 0.600. The first-order valence-corrected chi connectivity index (χ1v) is 6.73. The minimum Gasteiger partial charge on any atom is -0.356 e. The molecule has 0 aromatic carbocycles. The zero-order chi connectivity index (χ0) is 15.3. The third kappa shape index (κ3) is 4.78. The van der Waals surface area contributed by atoms with Crippen molar-refractivity contribution in [2.45, 2.75) is 39.8 Å². The highest BCUT2D eigenvalue weighted by Crippen LogP contribution is 2.19. The summed E-state index contributed by atoms with van der Waals surface area (Å²) < 4.78 is 14.4. The zero-order valence-corrected chi connectivity index (χ0v) is 12.9. The average molecular weight is 278 g/mol. The molecule has 0 radical (unpaired) electrons. The molecule has 0 bridgehead atoms. The normalized spacial score (nSPS) is 12.8. The first-order chi connectivity index (χ1) is 9.24. The summed E-state index contributed by atoms with van der Waals surface area (Å²) in [6, 6.07) is 3.82. The first kappa shape index (κ1) is 16.4. The molecule has 1 rings (SSSR count). The van der Waals surface area contributed by atoms with Crippen LogP contribution in [0.3, 0.4) is 0 Å². The second kappa shape index (κ2) is 6.67. The lowest BCUT2D eigenvalue weighted by Crippen LogP contribution is -2.35. The summed E-state index contributed by atoms with van der Waals surface area (Å²) in [5.41, 5.74) is 0.512. The number of nitrogens with zero attached hydrogens (tertiary/aromatic N) is 3. The van der Waals surface area contributed by atoms with E-state index < -0.39 is 0 Å². The van der Waals surface area contributed by atoms with Gasteiger partial charge >= 0.3 is 0 Å². The van der Waals surface area contributed by atoms with Gasteiger partial charge in [0, 0.05) is 37.4 Å². The lowest BCUT2D eigenvalue weighted by molar-refractivity contribution is 0.418. The van der Waals surface area contributed by atoms with E-state index in [1.807, 2.05) is 20.8 Å². The van der Waals surface area contributed by atoms with E-state index in [1.165, 1.54) is 0 Å². The predicted molar refractivity (Wildman–Crippen MR) is 78.8 cm³/mol. The largest absolute Gasteiger partial charge is 0.356 e. The van der Waals surface area contributed by atoms with Gasteiger partial charge in [0.05, 0.1) is 12.0 Å². The second-order valence-electron chi connectivity index (χ2n) is 6.12. The molecule has 5 heteroatoms. The highest BCUT2D eigenvalue weighted by molar-refractivity contribution is 5.42. The Morgan fingerprint density at radius 3 is 2.70 bits per heavy atom. The van der Waals surface area contributed by atoms with Gasteiger partial charge in [-0.3, -0.25) is 0 Å². The summed E-state index contributed by atoms with van der Waals surface area (Å²) in [7, 11) is 1.75. The standard InChI is InChI=1S/C15H23FN4/c1-11(8-17)10-20(5)14-13(16)12(6-7-18-14)9-19-15(2,3)4/h6-7,11,19H,9-10H2,1-5H3. The van der Waals surface area contributed by atoms with Crippen LogP contribution in [-0.4, -0.2) is 24.1 Å². The molecule has 4 nitrogen and oxygen atoms in total. The minimum atomic E-state index is -0.322. The highest BCUT2D eigenvalue weighted by atomic mass is 19.1. The predicted octanol–water partition coefficient (Wildman–Crippen LogP) is 2.70. The molecule has 1 aromatic heterocycles. The monoisotopic (exact) mass is 278 g/mol. The number of pyridine rings is 1. The lowest BCUT2D eigenvalue weighted by atomic mass is 10.1. The quantitative estimate of drug-likeness (QED) is 0.899. The van der Waals surface area contributed by atoms with Gasteiger partial charge in [-0.05, 0) is 33.8 Å². The molecule has 0 aliphatic rings. The molecule has 1 unspecified atom stereocenters. The summed E-state index contributed by atoms with van der Waals surface area (Å²) in [5, 5.41) is 12.1. The number of aromatic nitrogens is 1. The van der Waals surface area contributed by atoms with Gasteiger partial charge in [0.2, 0.25) is 0 Å². The third-order valence-electron chi connectivity index (χ3n) is 2.89. The molecule has 0 fully saturated rings. The Kier molecular flexibility index (Phi) is 5.46. The van der Waals surface area contributed by atoms with E-state index in [2.05, 4.69) is 16.4 Å². The Hall–Kier alpha value is -1.67. The van der Waals surface area contributed by atoms with Crippen LogP contribution in [0.4, 0.5) is 10.2 Å². The number of hydrogen-bond donors (Lipinski definition) is 1. The van der Waals surface area contributed by atoms with Crippen LogP contribution in [0.25, 0.3) is 0 Å². The average Bonchev–Trinajstić information content (AvgIpc) is 2.36. The van der Waals surface area contributed by atoms with Gasteiger partial charge in [0.1, 0.15) is 0 Å². The first-order valence-electron chi connectivity index (χ1n) is 6.73. The molecule has 1 heterocycles. The molecular formula is C15H23FN4. The Morgan fingerprint density at radius 1 is 1.50 bits per heavy atom. The van der Waals surface area contributed by atoms with Crippen LogP contribution >= 0.6 is 0 Å². The molecule has 110 valence electrons. The lowest BCUT2D eigenvalue weighted by Gasteiger charge is -2.23. The van der Waals surface area contributed by atoms with Gasteiger partial charge in [-0.15, -0.1) is 0 Å². The summed E-state index contributed by atoms with van der Waals surface area (Å²) >= 11 is 0. The van der Waals surface area contributed by atoms with E-state index in [-0.39, 0.29) is 17.3 Å². The minimum absolute atomic E-state index is 0.0723. The molecule has 1 aromatic rings. The SMILES string of the molecule is CC(C#N)CN(C)c1nccc(CNC(C)(C)C)c1F. The number of anilines is 1.